The van der Waals surface area contributed by atoms with Crippen molar-refractivity contribution in [2.75, 3.05) is 50.7 Å². The minimum Gasteiger partial charge on any atom is -0.508 e. The molecule has 24 heavy (non-hydrogen) atoms. The number of carbonyl (C=O) groups is 1. The van der Waals surface area contributed by atoms with Crippen LogP contribution in [0.1, 0.15) is 13.8 Å². The number of phenols is 1. The molecule has 1 aromatic carbocycles. The molecule has 6 heteroatoms. The lowest BCUT2D eigenvalue weighted by molar-refractivity contribution is -0.144. The molecule has 2 heterocycles. The third kappa shape index (κ3) is 4.19. The van der Waals surface area contributed by atoms with Crippen molar-refractivity contribution < 1.29 is 14.6 Å². The van der Waals surface area contributed by atoms with E-state index in [1.165, 1.54) is 0 Å². The van der Waals surface area contributed by atoms with Crippen LogP contribution in [0.15, 0.2) is 24.3 Å². The van der Waals surface area contributed by atoms with Crippen LogP contribution in [0.2, 0.25) is 0 Å². The van der Waals surface area contributed by atoms with Crippen LogP contribution in [0.5, 0.6) is 5.75 Å². The molecule has 132 valence electrons. The number of rotatable bonds is 3. The predicted octanol–water partition coefficient (Wildman–Crippen LogP) is 1.15. The highest BCUT2D eigenvalue weighted by molar-refractivity contribution is 5.78. The van der Waals surface area contributed by atoms with E-state index in [4.69, 9.17) is 4.74 Å². The second-order valence-electron chi connectivity index (χ2n) is 6.84. The molecule has 2 saturated heterocycles. The summed E-state index contributed by atoms with van der Waals surface area (Å²) in [6.07, 6.45) is 0.230. The number of nitrogens with zero attached hydrogens (tertiary/aromatic N) is 3. The van der Waals surface area contributed by atoms with Crippen molar-refractivity contribution in [2.24, 2.45) is 0 Å². The van der Waals surface area contributed by atoms with Crippen LogP contribution in [-0.2, 0) is 9.53 Å². The number of ether oxygens (including phenoxy) is 1. The van der Waals surface area contributed by atoms with Crippen molar-refractivity contribution in [2.45, 2.75) is 26.1 Å². The minimum absolute atomic E-state index is 0.115. The maximum absolute atomic E-state index is 12.5. The lowest BCUT2D eigenvalue weighted by atomic mass is 10.2. The Hall–Kier alpha value is -1.79. The SMILES string of the molecule is C[C@H]1CN(C(=O)CN2CCN(c3ccc(O)cc3)CC2)C[C@H](C)O1. The van der Waals surface area contributed by atoms with Crippen molar-refractivity contribution in [1.82, 2.24) is 9.80 Å². The van der Waals surface area contributed by atoms with Gasteiger partial charge in [0.25, 0.3) is 0 Å². The monoisotopic (exact) mass is 333 g/mol. The molecular formula is C18H27N3O3. The van der Waals surface area contributed by atoms with Crippen molar-refractivity contribution in [3.05, 3.63) is 24.3 Å². The van der Waals surface area contributed by atoms with Crippen LogP contribution in [0.3, 0.4) is 0 Å². The molecular weight excluding hydrogens is 306 g/mol. The molecule has 0 unspecified atom stereocenters. The average molecular weight is 333 g/mol. The van der Waals surface area contributed by atoms with E-state index in [0.717, 1.165) is 31.9 Å². The van der Waals surface area contributed by atoms with Gasteiger partial charge in [0.15, 0.2) is 0 Å². The summed E-state index contributed by atoms with van der Waals surface area (Å²) in [6, 6.07) is 7.30. The number of benzene rings is 1. The van der Waals surface area contributed by atoms with E-state index in [1.54, 1.807) is 12.1 Å². The van der Waals surface area contributed by atoms with E-state index in [9.17, 15) is 9.90 Å². The Morgan fingerprint density at radius 2 is 1.67 bits per heavy atom. The van der Waals surface area contributed by atoms with Gasteiger partial charge in [0.2, 0.25) is 5.91 Å². The Morgan fingerprint density at radius 1 is 1.08 bits per heavy atom. The molecule has 0 spiro atoms. The number of morpholine rings is 1. The van der Waals surface area contributed by atoms with Crippen LogP contribution < -0.4 is 4.90 Å². The number of piperazine rings is 1. The summed E-state index contributed by atoms with van der Waals surface area (Å²) in [4.78, 5) is 19.0. The average Bonchev–Trinajstić information content (AvgIpc) is 2.55. The van der Waals surface area contributed by atoms with Crippen LogP contribution in [0.4, 0.5) is 5.69 Å². The standard InChI is InChI=1S/C18H27N3O3/c1-14-11-21(12-15(2)24-14)18(23)13-19-7-9-20(10-8-19)16-3-5-17(22)6-4-16/h3-6,14-15,22H,7-13H2,1-2H3/t14-,15-/m0/s1. The third-order valence-electron chi connectivity index (χ3n) is 4.72. The summed E-state index contributed by atoms with van der Waals surface area (Å²) in [6.45, 7) is 9.46. The van der Waals surface area contributed by atoms with Crippen molar-refractivity contribution >= 4 is 11.6 Å². The van der Waals surface area contributed by atoms with E-state index in [2.05, 4.69) is 9.80 Å². The summed E-state index contributed by atoms with van der Waals surface area (Å²) in [5.74, 6) is 0.493. The fourth-order valence-electron chi connectivity index (χ4n) is 3.50. The van der Waals surface area contributed by atoms with Gasteiger partial charge in [-0.05, 0) is 38.1 Å². The van der Waals surface area contributed by atoms with Crippen LogP contribution in [0.25, 0.3) is 0 Å². The maximum Gasteiger partial charge on any atom is 0.236 e. The molecule has 2 aliphatic rings. The molecule has 2 aliphatic heterocycles. The molecule has 3 rings (SSSR count). The zero-order valence-corrected chi connectivity index (χ0v) is 14.5. The van der Waals surface area contributed by atoms with Gasteiger partial charge in [0.05, 0.1) is 18.8 Å². The second kappa shape index (κ2) is 7.40. The Morgan fingerprint density at radius 3 is 2.25 bits per heavy atom. The smallest absolute Gasteiger partial charge is 0.236 e. The lowest BCUT2D eigenvalue weighted by Gasteiger charge is -2.39. The Kier molecular flexibility index (Phi) is 5.26. The first kappa shape index (κ1) is 17.0. The zero-order valence-electron chi connectivity index (χ0n) is 14.5. The molecule has 2 fully saturated rings. The number of phenolic OH excluding ortho intramolecular Hbond substituents is 1. The minimum atomic E-state index is 0.115. The van der Waals surface area contributed by atoms with Crippen molar-refractivity contribution in [1.29, 1.82) is 0 Å². The second-order valence-corrected chi connectivity index (χ2v) is 6.84. The van der Waals surface area contributed by atoms with Gasteiger partial charge in [-0.2, -0.15) is 0 Å². The third-order valence-corrected chi connectivity index (χ3v) is 4.72. The molecule has 0 radical (unpaired) electrons. The fourth-order valence-corrected chi connectivity index (χ4v) is 3.50. The van der Waals surface area contributed by atoms with Crippen molar-refractivity contribution in [3.63, 3.8) is 0 Å². The topological polar surface area (TPSA) is 56.3 Å². The van der Waals surface area contributed by atoms with E-state index < -0.39 is 0 Å². The van der Waals surface area contributed by atoms with Gasteiger partial charge in [-0.25, -0.2) is 0 Å². The summed E-state index contributed by atoms with van der Waals surface area (Å²) in [5.41, 5.74) is 1.12. The highest BCUT2D eigenvalue weighted by Gasteiger charge is 2.27. The Labute approximate surface area is 143 Å². The van der Waals surface area contributed by atoms with E-state index in [0.29, 0.717) is 19.6 Å². The number of carbonyl (C=O) groups excluding carboxylic acids is 1. The zero-order chi connectivity index (χ0) is 17.1. The van der Waals surface area contributed by atoms with Crippen LogP contribution >= 0.6 is 0 Å². The normalized spacial score (nSPS) is 25.8. The largest absolute Gasteiger partial charge is 0.508 e. The number of hydrogen-bond donors (Lipinski definition) is 1. The number of anilines is 1. The lowest BCUT2D eigenvalue weighted by Crippen LogP contribution is -2.53. The highest BCUT2D eigenvalue weighted by Crippen LogP contribution is 2.20. The van der Waals surface area contributed by atoms with E-state index >= 15 is 0 Å². The molecule has 0 aliphatic carbocycles. The number of aromatic hydroxyl groups is 1. The first-order valence-electron chi connectivity index (χ1n) is 8.71. The summed E-state index contributed by atoms with van der Waals surface area (Å²) >= 11 is 0. The molecule has 0 aromatic heterocycles. The summed E-state index contributed by atoms with van der Waals surface area (Å²) < 4.78 is 5.70. The van der Waals surface area contributed by atoms with Gasteiger partial charge < -0.3 is 19.6 Å². The first-order valence-corrected chi connectivity index (χ1v) is 8.71. The quantitative estimate of drug-likeness (QED) is 0.899. The molecule has 6 nitrogen and oxygen atoms in total. The van der Waals surface area contributed by atoms with Crippen LogP contribution in [0, 0.1) is 0 Å². The van der Waals surface area contributed by atoms with Gasteiger partial charge in [0, 0.05) is 45.0 Å². The summed E-state index contributed by atoms with van der Waals surface area (Å²) in [5, 5.41) is 9.38. The molecule has 1 amide bonds. The Bertz CT molecular complexity index is 545. The molecule has 0 bridgehead atoms. The van der Waals surface area contributed by atoms with Gasteiger partial charge in [-0.3, -0.25) is 9.69 Å². The molecule has 0 saturated carbocycles. The molecule has 1 N–H and O–H groups in total. The van der Waals surface area contributed by atoms with E-state index in [1.807, 2.05) is 30.9 Å². The first-order chi connectivity index (χ1) is 11.5. The van der Waals surface area contributed by atoms with Crippen LogP contribution in [-0.4, -0.2) is 78.8 Å². The number of hydrogen-bond acceptors (Lipinski definition) is 5. The molecule has 2 atom stereocenters. The van der Waals surface area contributed by atoms with Gasteiger partial charge in [-0.1, -0.05) is 0 Å². The summed E-state index contributed by atoms with van der Waals surface area (Å²) in [7, 11) is 0. The van der Waals surface area contributed by atoms with Gasteiger partial charge >= 0.3 is 0 Å². The van der Waals surface area contributed by atoms with Gasteiger partial charge in [0.1, 0.15) is 5.75 Å². The maximum atomic E-state index is 12.5. The van der Waals surface area contributed by atoms with Crippen molar-refractivity contribution in [3.8, 4) is 5.75 Å². The van der Waals surface area contributed by atoms with Gasteiger partial charge in [-0.15, -0.1) is 0 Å². The Balaban J connectivity index is 1.48. The van der Waals surface area contributed by atoms with E-state index in [-0.39, 0.29) is 23.9 Å². The predicted molar refractivity (Wildman–Crippen MR) is 93.3 cm³/mol. The fraction of sp³-hybridized carbons (Fsp3) is 0.611. The molecule has 1 aromatic rings. The number of amides is 1. The highest BCUT2D eigenvalue weighted by atomic mass is 16.5.